The number of thiophene rings is 1. The zero-order chi connectivity index (χ0) is 11.7. The monoisotopic (exact) mass is 314 g/mol. The van der Waals surface area contributed by atoms with Crippen LogP contribution in [-0.4, -0.2) is 5.78 Å². The Morgan fingerprint density at radius 3 is 2.44 bits per heavy atom. The molecule has 0 aliphatic rings. The van der Waals surface area contributed by atoms with Gasteiger partial charge in [-0.25, -0.2) is 0 Å². The van der Waals surface area contributed by atoms with Crippen LogP contribution >= 0.6 is 38.9 Å². The minimum absolute atomic E-state index is 0.0180. The number of hydrogen-bond donors (Lipinski definition) is 0. The van der Waals surface area contributed by atoms with E-state index in [-0.39, 0.29) is 5.78 Å². The van der Waals surface area contributed by atoms with E-state index in [0.717, 1.165) is 10.0 Å². The summed E-state index contributed by atoms with van der Waals surface area (Å²) >= 11 is 10.8. The zero-order valence-corrected chi connectivity index (χ0v) is 11.6. The van der Waals surface area contributed by atoms with Gasteiger partial charge in [0.1, 0.15) is 0 Å². The Morgan fingerprint density at radius 2 is 1.94 bits per heavy atom. The van der Waals surface area contributed by atoms with Crippen LogP contribution in [0.1, 0.15) is 20.8 Å². The van der Waals surface area contributed by atoms with Crippen molar-refractivity contribution in [3.05, 3.63) is 55.1 Å². The molecule has 0 radical (unpaired) electrons. The molecule has 4 heteroatoms. The maximum Gasteiger partial charge on any atom is 0.204 e. The summed E-state index contributed by atoms with van der Waals surface area (Å²) in [4.78, 5) is 12.7. The van der Waals surface area contributed by atoms with Gasteiger partial charge in [-0.1, -0.05) is 27.5 Å². The van der Waals surface area contributed by atoms with Crippen LogP contribution in [0.2, 0.25) is 5.02 Å². The van der Waals surface area contributed by atoms with Crippen LogP contribution in [0.15, 0.2) is 34.1 Å². The molecule has 82 valence electrons. The molecule has 2 rings (SSSR count). The van der Waals surface area contributed by atoms with Crippen molar-refractivity contribution in [1.29, 1.82) is 0 Å². The molecule has 1 nitrogen and oxygen atoms in total. The molecule has 2 aromatic rings. The number of ketones is 1. The number of carbonyl (C=O) groups excluding carboxylic acids is 1. The molecule has 1 aromatic heterocycles. The average molecular weight is 316 g/mol. The van der Waals surface area contributed by atoms with Crippen LogP contribution < -0.4 is 0 Å². The van der Waals surface area contributed by atoms with Crippen LogP contribution in [0.4, 0.5) is 0 Å². The summed E-state index contributed by atoms with van der Waals surface area (Å²) in [5.74, 6) is -0.0180. The highest BCUT2D eigenvalue weighted by Crippen LogP contribution is 2.29. The quantitative estimate of drug-likeness (QED) is 0.734. The van der Waals surface area contributed by atoms with Crippen LogP contribution in [-0.2, 0) is 0 Å². The number of aryl methyl sites for hydroxylation is 1. The van der Waals surface area contributed by atoms with Crippen molar-refractivity contribution in [3.63, 3.8) is 0 Å². The Labute approximate surface area is 111 Å². The zero-order valence-electron chi connectivity index (χ0n) is 8.46. The summed E-state index contributed by atoms with van der Waals surface area (Å²) in [5.41, 5.74) is 1.61. The van der Waals surface area contributed by atoms with Gasteiger partial charge >= 0.3 is 0 Å². The molecule has 0 fully saturated rings. The maximum atomic E-state index is 12.1. The van der Waals surface area contributed by atoms with E-state index in [1.165, 1.54) is 11.3 Å². The van der Waals surface area contributed by atoms with E-state index in [9.17, 15) is 4.79 Å². The molecule has 0 unspecified atom stereocenters. The molecular formula is C12H8BrClOS. The topological polar surface area (TPSA) is 17.1 Å². The first kappa shape index (κ1) is 11.8. The smallest absolute Gasteiger partial charge is 0.204 e. The second-order valence-corrected chi connectivity index (χ2v) is 5.57. The first-order valence-electron chi connectivity index (χ1n) is 4.63. The summed E-state index contributed by atoms with van der Waals surface area (Å²) in [7, 11) is 0. The second-order valence-electron chi connectivity index (χ2n) is 3.40. The van der Waals surface area contributed by atoms with E-state index < -0.39 is 0 Å². The van der Waals surface area contributed by atoms with Gasteiger partial charge in [0, 0.05) is 10.0 Å². The molecule has 0 saturated heterocycles. The Morgan fingerprint density at radius 1 is 1.31 bits per heavy atom. The Bertz CT molecular complexity index is 530. The predicted octanol–water partition coefficient (Wildman–Crippen LogP) is 4.70. The normalized spacial score (nSPS) is 10.4. The lowest BCUT2D eigenvalue weighted by atomic mass is 10.1. The highest BCUT2D eigenvalue weighted by Gasteiger charge is 2.16. The van der Waals surface area contributed by atoms with Gasteiger partial charge in [0.2, 0.25) is 5.78 Å². The number of rotatable bonds is 2. The molecule has 16 heavy (non-hydrogen) atoms. The van der Waals surface area contributed by atoms with Gasteiger partial charge < -0.3 is 0 Å². The van der Waals surface area contributed by atoms with Gasteiger partial charge in [-0.3, -0.25) is 4.79 Å². The maximum absolute atomic E-state index is 12.1. The van der Waals surface area contributed by atoms with Gasteiger partial charge in [-0.15, -0.1) is 11.3 Å². The van der Waals surface area contributed by atoms with Gasteiger partial charge in [0.15, 0.2) is 0 Å². The highest BCUT2D eigenvalue weighted by molar-refractivity contribution is 9.10. The van der Waals surface area contributed by atoms with Crippen molar-refractivity contribution in [2.24, 2.45) is 0 Å². The first-order valence-corrected chi connectivity index (χ1v) is 6.68. The molecule has 0 amide bonds. The van der Waals surface area contributed by atoms with Crippen LogP contribution in [0.3, 0.4) is 0 Å². The Hall–Kier alpha value is -0.640. The molecule has 0 N–H and O–H groups in total. The third-order valence-electron chi connectivity index (χ3n) is 2.21. The fourth-order valence-electron chi connectivity index (χ4n) is 1.32. The van der Waals surface area contributed by atoms with Gasteiger partial charge in [-0.05, 0) is 42.1 Å². The van der Waals surface area contributed by atoms with Crippen molar-refractivity contribution in [1.82, 2.24) is 0 Å². The Kier molecular flexibility index (Phi) is 3.47. The summed E-state index contributed by atoms with van der Waals surface area (Å²) < 4.78 is 0.956. The second kappa shape index (κ2) is 4.70. The minimum Gasteiger partial charge on any atom is -0.288 e. The summed E-state index contributed by atoms with van der Waals surface area (Å²) in [6, 6.07) is 7.28. The van der Waals surface area contributed by atoms with Crippen molar-refractivity contribution in [3.8, 4) is 0 Å². The molecule has 0 aliphatic heterocycles. The van der Waals surface area contributed by atoms with E-state index in [2.05, 4.69) is 15.9 Å². The Balaban J connectivity index is 2.39. The van der Waals surface area contributed by atoms with E-state index >= 15 is 0 Å². The number of halogens is 2. The number of hydrogen-bond acceptors (Lipinski definition) is 2. The van der Waals surface area contributed by atoms with Crippen molar-refractivity contribution in [2.45, 2.75) is 6.92 Å². The lowest BCUT2D eigenvalue weighted by Gasteiger charge is -1.99. The molecule has 0 bridgehead atoms. The third kappa shape index (κ3) is 2.21. The highest BCUT2D eigenvalue weighted by atomic mass is 79.9. The molecule has 0 atom stereocenters. The minimum atomic E-state index is -0.0180. The first-order chi connectivity index (χ1) is 7.59. The van der Waals surface area contributed by atoms with Gasteiger partial charge in [-0.2, -0.15) is 0 Å². The van der Waals surface area contributed by atoms with E-state index in [0.29, 0.717) is 15.5 Å². The fraction of sp³-hybridized carbons (Fsp3) is 0.0833. The molecule has 1 heterocycles. The van der Waals surface area contributed by atoms with Gasteiger partial charge in [0.25, 0.3) is 0 Å². The lowest BCUT2D eigenvalue weighted by Crippen LogP contribution is -1.98. The fourth-order valence-corrected chi connectivity index (χ4v) is 2.82. The molecule has 0 aliphatic carbocycles. The summed E-state index contributed by atoms with van der Waals surface area (Å²) in [6.45, 7) is 1.90. The standard InChI is InChI=1S/C12H8BrClOS/c1-7-6-16-12(10(7)14)11(15)8-2-4-9(13)5-3-8/h2-6H,1H3. The lowest BCUT2D eigenvalue weighted by molar-refractivity contribution is 0.104. The summed E-state index contributed by atoms with van der Waals surface area (Å²) in [6.07, 6.45) is 0. The molecule has 1 aromatic carbocycles. The molecular weight excluding hydrogens is 308 g/mol. The number of benzene rings is 1. The van der Waals surface area contributed by atoms with E-state index in [4.69, 9.17) is 11.6 Å². The van der Waals surface area contributed by atoms with Crippen LogP contribution in [0.25, 0.3) is 0 Å². The van der Waals surface area contributed by atoms with Crippen molar-refractivity contribution in [2.75, 3.05) is 0 Å². The predicted molar refractivity (Wildman–Crippen MR) is 71.6 cm³/mol. The van der Waals surface area contributed by atoms with Crippen molar-refractivity contribution >= 4 is 44.7 Å². The average Bonchev–Trinajstić information content (AvgIpc) is 2.60. The third-order valence-corrected chi connectivity index (χ3v) is 4.44. The van der Waals surface area contributed by atoms with E-state index in [1.807, 2.05) is 24.4 Å². The summed E-state index contributed by atoms with van der Waals surface area (Å²) in [5, 5.41) is 2.46. The van der Waals surface area contributed by atoms with E-state index in [1.54, 1.807) is 12.1 Å². The van der Waals surface area contributed by atoms with Crippen LogP contribution in [0.5, 0.6) is 0 Å². The van der Waals surface area contributed by atoms with Crippen LogP contribution in [0, 0.1) is 6.92 Å². The SMILES string of the molecule is Cc1csc(C(=O)c2ccc(Br)cc2)c1Cl. The van der Waals surface area contributed by atoms with Gasteiger partial charge in [0.05, 0.1) is 9.90 Å². The molecule has 0 spiro atoms. The largest absolute Gasteiger partial charge is 0.288 e. The molecule has 0 saturated carbocycles. The number of carbonyl (C=O) groups is 1. The van der Waals surface area contributed by atoms with Crippen molar-refractivity contribution < 1.29 is 4.79 Å².